The molecule has 0 saturated heterocycles. The van der Waals surface area contributed by atoms with E-state index in [9.17, 15) is 4.79 Å². The molecule has 0 aromatic heterocycles. The molecule has 0 unspecified atom stereocenters. The van der Waals surface area contributed by atoms with Crippen LogP contribution in [0, 0.1) is 0 Å². The highest BCUT2D eigenvalue weighted by molar-refractivity contribution is 6.12. The summed E-state index contributed by atoms with van der Waals surface area (Å²) in [7, 11) is 3.60. The van der Waals surface area contributed by atoms with Gasteiger partial charge in [-0.3, -0.25) is 9.79 Å². The van der Waals surface area contributed by atoms with Gasteiger partial charge < -0.3 is 21.7 Å². The molecular formula is C20H28N6O. The highest BCUT2D eigenvalue weighted by atomic mass is 16.2. The van der Waals surface area contributed by atoms with Crippen LogP contribution < -0.4 is 16.8 Å². The fraction of sp³-hybridized carbons (Fsp3) is 0.350. The van der Waals surface area contributed by atoms with Gasteiger partial charge in [-0.05, 0) is 30.8 Å². The Hall–Kier alpha value is -3.09. The lowest BCUT2D eigenvalue weighted by Gasteiger charge is -2.29. The largest absolute Gasteiger partial charge is 0.404 e. The number of benzene rings is 1. The number of carbonyl (C=O) groups excluding carboxylic acids is 1. The molecule has 0 fully saturated rings. The fourth-order valence-electron chi connectivity index (χ4n) is 3.06. The van der Waals surface area contributed by atoms with Crippen LogP contribution in [0.2, 0.25) is 0 Å². The van der Waals surface area contributed by atoms with Crippen LogP contribution in [0.25, 0.3) is 0 Å². The monoisotopic (exact) mass is 368 g/mol. The molecule has 5 N–H and O–H groups in total. The van der Waals surface area contributed by atoms with Gasteiger partial charge in [-0.1, -0.05) is 12.1 Å². The molecule has 27 heavy (non-hydrogen) atoms. The third kappa shape index (κ3) is 4.75. The number of nitrogens with zero attached hydrogens (tertiary/aromatic N) is 3. The second kappa shape index (κ2) is 9.02. The summed E-state index contributed by atoms with van der Waals surface area (Å²) in [5.41, 5.74) is 17.2. The zero-order valence-corrected chi connectivity index (χ0v) is 16.4. The topological polar surface area (TPSA) is 109 Å². The summed E-state index contributed by atoms with van der Waals surface area (Å²) >= 11 is 0. The zero-order chi connectivity index (χ0) is 20.0. The number of carbonyl (C=O) groups is 1. The predicted molar refractivity (Wildman–Crippen MR) is 111 cm³/mol. The first-order valence-corrected chi connectivity index (χ1v) is 8.87. The van der Waals surface area contributed by atoms with E-state index < -0.39 is 0 Å². The SMILES string of the molecule is CN=C(C(C)=CN)c1ccc(N=C(N)C2=C(NC)CCN(C(C)=O)C2)cc1. The molecule has 7 heteroatoms. The minimum Gasteiger partial charge on any atom is -0.404 e. The van der Waals surface area contributed by atoms with E-state index in [0.717, 1.165) is 40.2 Å². The Labute approximate surface area is 160 Å². The van der Waals surface area contributed by atoms with Gasteiger partial charge in [0.25, 0.3) is 0 Å². The van der Waals surface area contributed by atoms with Crippen LogP contribution in [-0.2, 0) is 4.79 Å². The molecule has 0 bridgehead atoms. The maximum atomic E-state index is 11.7. The molecular weight excluding hydrogens is 340 g/mol. The molecule has 0 radical (unpaired) electrons. The molecule has 1 amide bonds. The zero-order valence-electron chi connectivity index (χ0n) is 16.4. The fourth-order valence-corrected chi connectivity index (χ4v) is 3.06. The van der Waals surface area contributed by atoms with Crippen LogP contribution in [0.15, 0.2) is 57.3 Å². The van der Waals surface area contributed by atoms with Gasteiger partial charge in [0.05, 0.1) is 17.9 Å². The van der Waals surface area contributed by atoms with Crippen LogP contribution >= 0.6 is 0 Å². The summed E-state index contributed by atoms with van der Waals surface area (Å²) in [4.78, 5) is 22.3. The summed E-state index contributed by atoms with van der Waals surface area (Å²) in [6, 6.07) is 7.67. The summed E-state index contributed by atoms with van der Waals surface area (Å²) in [5.74, 6) is 0.454. The lowest BCUT2D eigenvalue weighted by Crippen LogP contribution is -2.40. The molecule has 7 nitrogen and oxygen atoms in total. The van der Waals surface area contributed by atoms with E-state index >= 15 is 0 Å². The number of allylic oxidation sites excluding steroid dienone is 1. The van der Waals surface area contributed by atoms with Gasteiger partial charge in [0, 0.05) is 50.8 Å². The van der Waals surface area contributed by atoms with Crippen LogP contribution in [0.1, 0.15) is 25.8 Å². The normalized spacial score (nSPS) is 16.6. The van der Waals surface area contributed by atoms with E-state index in [2.05, 4.69) is 15.3 Å². The Balaban J connectivity index is 2.29. The predicted octanol–water partition coefficient (Wildman–Crippen LogP) is 1.68. The van der Waals surface area contributed by atoms with Gasteiger partial charge >= 0.3 is 0 Å². The Bertz CT molecular complexity index is 817. The molecule has 0 aliphatic carbocycles. The van der Waals surface area contributed by atoms with Gasteiger partial charge in [-0.15, -0.1) is 0 Å². The van der Waals surface area contributed by atoms with Crippen molar-refractivity contribution in [1.82, 2.24) is 10.2 Å². The Kier molecular flexibility index (Phi) is 6.76. The first-order chi connectivity index (χ1) is 12.9. The van der Waals surface area contributed by atoms with E-state index in [-0.39, 0.29) is 5.91 Å². The second-order valence-corrected chi connectivity index (χ2v) is 6.36. The highest BCUT2D eigenvalue weighted by Crippen LogP contribution is 2.20. The molecule has 1 heterocycles. The van der Waals surface area contributed by atoms with Crippen molar-refractivity contribution in [3.8, 4) is 0 Å². The lowest BCUT2D eigenvalue weighted by atomic mass is 10.0. The third-order valence-corrected chi connectivity index (χ3v) is 4.64. The van der Waals surface area contributed by atoms with Crippen molar-refractivity contribution in [1.29, 1.82) is 0 Å². The van der Waals surface area contributed by atoms with Gasteiger partial charge in [0.15, 0.2) is 0 Å². The Morgan fingerprint density at radius 1 is 1.26 bits per heavy atom. The molecule has 0 saturated carbocycles. The minimum absolute atomic E-state index is 0.0366. The third-order valence-electron chi connectivity index (χ3n) is 4.64. The number of hydrogen-bond acceptors (Lipinski definition) is 5. The van der Waals surface area contributed by atoms with Crippen molar-refractivity contribution in [3.05, 3.63) is 52.9 Å². The Morgan fingerprint density at radius 3 is 2.44 bits per heavy atom. The minimum atomic E-state index is 0.0366. The molecule has 2 rings (SSSR count). The van der Waals surface area contributed by atoms with Crippen LogP contribution in [0.4, 0.5) is 5.69 Å². The van der Waals surface area contributed by atoms with Crippen molar-refractivity contribution in [2.75, 3.05) is 27.2 Å². The van der Waals surface area contributed by atoms with Gasteiger partial charge in [-0.25, -0.2) is 4.99 Å². The number of rotatable bonds is 5. The van der Waals surface area contributed by atoms with Crippen molar-refractivity contribution < 1.29 is 4.79 Å². The van der Waals surface area contributed by atoms with Gasteiger partial charge in [0.2, 0.25) is 5.91 Å². The van der Waals surface area contributed by atoms with Crippen molar-refractivity contribution >= 4 is 23.1 Å². The second-order valence-electron chi connectivity index (χ2n) is 6.36. The highest BCUT2D eigenvalue weighted by Gasteiger charge is 2.22. The average Bonchev–Trinajstić information content (AvgIpc) is 2.68. The van der Waals surface area contributed by atoms with E-state index in [1.807, 2.05) is 38.2 Å². The van der Waals surface area contributed by atoms with Crippen molar-refractivity contribution in [2.24, 2.45) is 21.5 Å². The number of nitrogens with one attached hydrogen (secondary N) is 1. The van der Waals surface area contributed by atoms with Gasteiger partial charge in [0.1, 0.15) is 5.84 Å². The number of amides is 1. The van der Waals surface area contributed by atoms with Crippen LogP contribution in [0.5, 0.6) is 0 Å². The molecule has 144 valence electrons. The number of aliphatic imine (C=N–C) groups is 2. The van der Waals surface area contributed by atoms with Crippen molar-refractivity contribution in [2.45, 2.75) is 20.3 Å². The maximum Gasteiger partial charge on any atom is 0.219 e. The van der Waals surface area contributed by atoms with Crippen molar-refractivity contribution in [3.63, 3.8) is 0 Å². The summed E-state index contributed by atoms with van der Waals surface area (Å²) in [6.07, 6.45) is 2.28. The number of amidine groups is 1. The smallest absolute Gasteiger partial charge is 0.219 e. The molecule has 0 atom stereocenters. The molecule has 1 aromatic carbocycles. The van der Waals surface area contributed by atoms with E-state index in [0.29, 0.717) is 18.9 Å². The Morgan fingerprint density at radius 2 is 1.93 bits per heavy atom. The first-order valence-electron chi connectivity index (χ1n) is 8.87. The maximum absolute atomic E-state index is 11.7. The molecule has 1 aromatic rings. The standard InChI is InChI=1S/C20H28N6O/c1-13(11-21)19(24-4)15-5-7-16(8-6-15)25-20(22)17-12-26(14(2)27)10-9-18(17)23-3/h5-8,11,23H,9-10,12,21H2,1-4H3,(H2,22,25). The lowest BCUT2D eigenvalue weighted by molar-refractivity contribution is -0.128. The van der Waals surface area contributed by atoms with E-state index in [1.54, 1.807) is 25.1 Å². The van der Waals surface area contributed by atoms with Crippen LogP contribution in [-0.4, -0.2) is 49.5 Å². The quantitative estimate of drug-likeness (QED) is 0.542. The summed E-state index contributed by atoms with van der Waals surface area (Å²) < 4.78 is 0. The van der Waals surface area contributed by atoms with Crippen LogP contribution in [0.3, 0.4) is 0 Å². The van der Waals surface area contributed by atoms with E-state index in [4.69, 9.17) is 11.5 Å². The summed E-state index contributed by atoms with van der Waals surface area (Å²) in [5, 5.41) is 3.18. The average molecular weight is 368 g/mol. The van der Waals surface area contributed by atoms with E-state index in [1.165, 1.54) is 0 Å². The molecule has 0 spiro atoms. The summed E-state index contributed by atoms with van der Waals surface area (Å²) in [6.45, 7) is 4.64. The molecule has 1 aliphatic heterocycles. The number of hydrogen-bond donors (Lipinski definition) is 3. The van der Waals surface area contributed by atoms with Gasteiger partial charge in [-0.2, -0.15) is 0 Å². The number of nitrogens with two attached hydrogens (primary N) is 2. The molecule has 1 aliphatic rings. The first kappa shape index (κ1) is 20.2.